The molecular formula is C14H16FNO4S. The van der Waals surface area contributed by atoms with E-state index < -0.39 is 21.1 Å². The molecule has 0 bridgehead atoms. The molecule has 114 valence electrons. The van der Waals surface area contributed by atoms with Gasteiger partial charge < -0.3 is 9.84 Å². The predicted molar refractivity (Wildman–Crippen MR) is 76.7 cm³/mol. The molecule has 1 saturated heterocycles. The average Bonchev–Trinajstić information content (AvgIpc) is 2.48. The Bertz CT molecular complexity index is 657. The first-order chi connectivity index (χ1) is 10.0. The number of nitrogens with one attached hydrogen (secondary N) is 1. The highest BCUT2D eigenvalue weighted by molar-refractivity contribution is 7.93. The second kappa shape index (κ2) is 6.89. The van der Waals surface area contributed by atoms with E-state index in [9.17, 15) is 12.8 Å². The van der Waals surface area contributed by atoms with E-state index in [1.807, 2.05) is 0 Å². The fourth-order valence-corrected chi connectivity index (χ4v) is 3.49. The summed E-state index contributed by atoms with van der Waals surface area (Å²) in [5.74, 6) is 4.25. The van der Waals surface area contributed by atoms with E-state index >= 15 is 0 Å². The summed E-state index contributed by atoms with van der Waals surface area (Å²) in [6.45, 7) is 0.466. The molecule has 0 aromatic heterocycles. The maximum atomic E-state index is 13.9. The van der Waals surface area contributed by atoms with Crippen molar-refractivity contribution in [2.45, 2.75) is 18.1 Å². The molecule has 0 amide bonds. The van der Waals surface area contributed by atoms with Crippen LogP contribution in [0, 0.1) is 17.7 Å². The Balaban J connectivity index is 2.15. The lowest BCUT2D eigenvalue weighted by molar-refractivity contribution is 0.0984. The molecule has 2 N–H and O–H groups in total. The normalized spacial score (nSPS) is 16.1. The summed E-state index contributed by atoms with van der Waals surface area (Å²) in [7, 11) is -3.63. The number of hydrogen-bond acceptors (Lipinski definition) is 4. The number of anilines is 1. The quantitative estimate of drug-likeness (QED) is 0.819. The van der Waals surface area contributed by atoms with Crippen molar-refractivity contribution in [2.24, 2.45) is 0 Å². The Hall–Kier alpha value is -1.62. The van der Waals surface area contributed by atoms with Crippen LogP contribution in [-0.4, -0.2) is 38.6 Å². The summed E-state index contributed by atoms with van der Waals surface area (Å²) in [6.07, 6.45) is 0.800. The van der Waals surface area contributed by atoms with Gasteiger partial charge in [0.25, 0.3) is 0 Å². The SMILES string of the molecule is O=S(=O)(Nc1ccc(C#CCO)cc1F)C1CCOCC1. The summed E-state index contributed by atoms with van der Waals surface area (Å²) in [6, 6.07) is 3.95. The van der Waals surface area contributed by atoms with Gasteiger partial charge in [-0.15, -0.1) is 0 Å². The van der Waals surface area contributed by atoms with Gasteiger partial charge in [0.15, 0.2) is 0 Å². The third-order valence-electron chi connectivity index (χ3n) is 3.14. The number of rotatable bonds is 3. The fourth-order valence-electron chi connectivity index (χ4n) is 2.04. The zero-order chi connectivity index (χ0) is 15.3. The maximum absolute atomic E-state index is 13.9. The van der Waals surface area contributed by atoms with Crippen LogP contribution >= 0.6 is 0 Å². The highest BCUT2D eigenvalue weighted by Crippen LogP contribution is 2.22. The van der Waals surface area contributed by atoms with Crippen LogP contribution in [0.25, 0.3) is 0 Å². The summed E-state index contributed by atoms with van der Waals surface area (Å²) < 4.78 is 45.6. The largest absolute Gasteiger partial charge is 0.384 e. The molecule has 7 heteroatoms. The second-order valence-corrected chi connectivity index (χ2v) is 6.57. The van der Waals surface area contributed by atoms with E-state index in [0.29, 0.717) is 31.6 Å². The van der Waals surface area contributed by atoms with Crippen LogP contribution in [0.5, 0.6) is 0 Å². The van der Waals surface area contributed by atoms with E-state index in [1.54, 1.807) is 0 Å². The first-order valence-electron chi connectivity index (χ1n) is 6.51. The summed E-state index contributed by atoms with van der Waals surface area (Å²) in [5.41, 5.74) is 0.270. The minimum absolute atomic E-state index is 0.101. The highest BCUT2D eigenvalue weighted by Gasteiger charge is 2.28. The van der Waals surface area contributed by atoms with Gasteiger partial charge >= 0.3 is 0 Å². The average molecular weight is 313 g/mol. The van der Waals surface area contributed by atoms with Crippen LogP contribution in [0.1, 0.15) is 18.4 Å². The van der Waals surface area contributed by atoms with Gasteiger partial charge in [0, 0.05) is 18.8 Å². The van der Waals surface area contributed by atoms with Crippen molar-refractivity contribution in [1.29, 1.82) is 0 Å². The first kappa shape index (κ1) is 15.8. The number of halogens is 1. The summed E-state index contributed by atoms with van der Waals surface area (Å²) in [4.78, 5) is 0. The maximum Gasteiger partial charge on any atom is 0.235 e. The summed E-state index contributed by atoms with van der Waals surface area (Å²) in [5, 5.41) is 8.01. The lowest BCUT2D eigenvalue weighted by Crippen LogP contribution is -2.33. The Kier molecular flexibility index (Phi) is 5.17. The molecule has 0 unspecified atom stereocenters. The topological polar surface area (TPSA) is 75.6 Å². The van der Waals surface area contributed by atoms with E-state index in [-0.39, 0.29) is 12.3 Å². The molecular weight excluding hydrogens is 297 g/mol. The van der Waals surface area contributed by atoms with Crippen LogP contribution in [0.4, 0.5) is 10.1 Å². The minimum Gasteiger partial charge on any atom is -0.384 e. The Labute approximate surface area is 123 Å². The van der Waals surface area contributed by atoms with Crippen LogP contribution in [0.2, 0.25) is 0 Å². The van der Waals surface area contributed by atoms with Crippen molar-refractivity contribution in [1.82, 2.24) is 0 Å². The Morgan fingerprint density at radius 1 is 1.38 bits per heavy atom. The molecule has 1 heterocycles. The second-order valence-electron chi connectivity index (χ2n) is 4.61. The fraction of sp³-hybridized carbons (Fsp3) is 0.429. The lowest BCUT2D eigenvalue weighted by atomic mass is 10.2. The predicted octanol–water partition coefficient (Wildman–Crippen LogP) is 1.09. The molecule has 1 aromatic carbocycles. The molecule has 2 rings (SSSR count). The van der Waals surface area contributed by atoms with Crippen LogP contribution in [-0.2, 0) is 14.8 Å². The van der Waals surface area contributed by atoms with Crippen LogP contribution in [0.3, 0.4) is 0 Å². The number of aliphatic hydroxyl groups is 1. The first-order valence-corrected chi connectivity index (χ1v) is 8.06. The minimum atomic E-state index is -3.63. The number of aliphatic hydroxyl groups excluding tert-OH is 1. The van der Waals surface area contributed by atoms with Gasteiger partial charge in [0.05, 0.1) is 10.9 Å². The molecule has 0 radical (unpaired) electrons. The molecule has 5 nitrogen and oxygen atoms in total. The molecule has 0 aliphatic carbocycles. The third-order valence-corrected chi connectivity index (χ3v) is 4.99. The van der Waals surface area contributed by atoms with Gasteiger partial charge in [-0.05, 0) is 31.0 Å². The van der Waals surface area contributed by atoms with Crippen molar-refractivity contribution < 1.29 is 22.7 Å². The molecule has 1 aromatic rings. The van der Waals surface area contributed by atoms with Crippen LogP contribution in [0.15, 0.2) is 18.2 Å². The molecule has 1 aliphatic rings. The van der Waals surface area contributed by atoms with Gasteiger partial charge in [-0.3, -0.25) is 4.72 Å². The van der Waals surface area contributed by atoms with E-state index in [4.69, 9.17) is 9.84 Å². The molecule has 1 fully saturated rings. The molecule has 0 saturated carbocycles. The van der Waals surface area contributed by atoms with E-state index in [1.165, 1.54) is 12.1 Å². The zero-order valence-electron chi connectivity index (χ0n) is 11.3. The Morgan fingerprint density at radius 2 is 2.10 bits per heavy atom. The number of ether oxygens (including phenoxy) is 1. The molecule has 0 atom stereocenters. The van der Waals surface area contributed by atoms with Crippen molar-refractivity contribution >= 4 is 15.7 Å². The Morgan fingerprint density at radius 3 is 2.71 bits per heavy atom. The highest BCUT2D eigenvalue weighted by atomic mass is 32.2. The van der Waals surface area contributed by atoms with Crippen molar-refractivity contribution in [3.63, 3.8) is 0 Å². The third kappa shape index (κ3) is 4.17. The standard InChI is InChI=1S/C14H16FNO4S/c15-13-10-11(2-1-7-17)3-4-14(13)16-21(18,19)12-5-8-20-9-6-12/h3-4,10,12,16-17H,5-9H2. The smallest absolute Gasteiger partial charge is 0.235 e. The van der Waals surface area contributed by atoms with Crippen molar-refractivity contribution in [3.05, 3.63) is 29.6 Å². The molecule has 1 aliphatic heterocycles. The molecule has 0 spiro atoms. The monoisotopic (exact) mass is 313 g/mol. The van der Waals surface area contributed by atoms with Gasteiger partial charge in [-0.1, -0.05) is 11.8 Å². The van der Waals surface area contributed by atoms with Crippen molar-refractivity contribution in [2.75, 3.05) is 24.5 Å². The number of sulfonamides is 1. The zero-order valence-corrected chi connectivity index (χ0v) is 12.1. The van der Waals surface area contributed by atoms with Gasteiger partial charge in [-0.2, -0.15) is 0 Å². The van der Waals surface area contributed by atoms with Crippen molar-refractivity contribution in [3.8, 4) is 11.8 Å². The lowest BCUT2D eigenvalue weighted by Gasteiger charge is -2.22. The number of hydrogen-bond donors (Lipinski definition) is 2. The van der Waals surface area contributed by atoms with Crippen LogP contribution < -0.4 is 4.72 Å². The molecule has 21 heavy (non-hydrogen) atoms. The number of benzene rings is 1. The van der Waals surface area contributed by atoms with E-state index in [0.717, 1.165) is 6.07 Å². The van der Waals surface area contributed by atoms with Gasteiger partial charge in [0.1, 0.15) is 12.4 Å². The van der Waals surface area contributed by atoms with E-state index in [2.05, 4.69) is 16.6 Å². The van der Waals surface area contributed by atoms with Gasteiger partial charge in [0.2, 0.25) is 10.0 Å². The van der Waals surface area contributed by atoms with Gasteiger partial charge in [-0.25, -0.2) is 12.8 Å². The summed E-state index contributed by atoms with van der Waals surface area (Å²) >= 11 is 0.